The molecule has 0 saturated carbocycles. The van der Waals surface area contributed by atoms with Crippen LogP contribution in [-0.4, -0.2) is 42.4 Å². The Kier molecular flexibility index (Phi) is 8.45. The quantitative estimate of drug-likeness (QED) is 0.652. The molecule has 1 unspecified atom stereocenters. The molecule has 0 aromatic carbocycles. The summed E-state index contributed by atoms with van der Waals surface area (Å²) in [6.45, 7) is 12.4. The second-order valence-corrected chi connectivity index (χ2v) is 5.68. The van der Waals surface area contributed by atoms with Gasteiger partial charge in [0, 0.05) is 19.0 Å². The lowest BCUT2D eigenvalue weighted by Gasteiger charge is -2.37. The molecular weight excluding hydrogens is 224 g/mol. The molecule has 1 N–H and O–H groups in total. The third-order valence-electron chi connectivity index (χ3n) is 3.88. The Labute approximate surface area is 113 Å². The molecule has 0 fully saturated rings. The average Bonchev–Trinajstić information content (AvgIpc) is 2.34. The molecule has 108 valence electrons. The van der Waals surface area contributed by atoms with Gasteiger partial charge in [0.15, 0.2) is 5.78 Å². The number of carbonyl (C=O) groups excluding carboxylic acids is 1. The topological polar surface area (TPSA) is 32.3 Å². The van der Waals surface area contributed by atoms with Crippen molar-refractivity contribution >= 4 is 5.78 Å². The van der Waals surface area contributed by atoms with Crippen LogP contribution in [0.3, 0.4) is 0 Å². The van der Waals surface area contributed by atoms with Crippen LogP contribution < -0.4 is 5.32 Å². The monoisotopic (exact) mass is 256 g/mol. The minimum Gasteiger partial charge on any atom is -0.314 e. The van der Waals surface area contributed by atoms with Crippen LogP contribution in [0.1, 0.15) is 60.3 Å². The molecule has 1 atom stereocenters. The van der Waals surface area contributed by atoms with Gasteiger partial charge >= 0.3 is 0 Å². The zero-order valence-corrected chi connectivity index (χ0v) is 13.2. The molecule has 0 radical (unpaired) electrons. The van der Waals surface area contributed by atoms with E-state index >= 15 is 0 Å². The van der Waals surface area contributed by atoms with Crippen LogP contribution in [0.4, 0.5) is 0 Å². The number of hydrogen-bond donors (Lipinski definition) is 1. The molecule has 18 heavy (non-hydrogen) atoms. The first-order valence-electron chi connectivity index (χ1n) is 7.36. The zero-order chi connectivity index (χ0) is 14.2. The number of nitrogens with one attached hydrogen (secondary N) is 1. The maximum atomic E-state index is 12.4. The lowest BCUT2D eigenvalue weighted by molar-refractivity contribution is -0.129. The van der Waals surface area contributed by atoms with Gasteiger partial charge in [0.25, 0.3) is 0 Å². The van der Waals surface area contributed by atoms with Crippen LogP contribution in [0, 0.1) is 0 Å². The van der Waals surface area contributed by atoms with E-state index in [2.05, 4.69) is 51.9 Å². The fourth-order valence-corrected chi connectivity index (χ4v) is 2.07. The van der Waals surface area contributed by atoms with Gasteiger partial charge in [-0.05, 0) is 33.4 Å². The molecule has 0 aromatic heterocycles. The highest BCUT2D eigenvalue weighted by molar-refractivity contribution is 5.88. The Morgan fingerprint density at radius 2 is 1.94 bits per heavy atom. The largest absolute Gasteiger partial charge is 0.314 e. The van der Waals surface area contributed by atoms with E-state index in [0.717, 1.165) is 25.9 Å². The minimum atomic E-state index is -0.298. The predicted octanol–water partition coefficient (Wildman–Crippen LogP) is 2.84. The van der Waals surface area contributed by atoms with Crippen LogP contribution >= 0.6 is 0 Å². The van der Waals surface area contributed by atoms with Gasteiger partial charge in [0.1, 0.15) is 0 Å². The Morgan fingerprint density at radius 1 is 1.33 bits per heavy atom. The van der Waals surface area contributed by atoms with Crippen LogP contribution in [0.15, 0.2) is 0 Å². The fraction of sp³-hybridized carbons (Fsp3) is 0.933. The van der Waals surface area contributed by atoms with Crippen molar-refractivity contribution in [3.63, 3.8) is 0 Å². The summed E-state index contributed by atoms with van der Waals surface area (Å²) >= 11 is 0. The second kappa shape index (κ2) is 8.65. The molecule has 0 aliphatic heterocycles. The van der Waals surface area contributed by atoms with Crippen molar-refractivity contribution in [2.75, 3.05) is 20.1 Å². The molecule has 3 nitrogen and oxygen atoms in total. The maximum Gasteiger partial charge on any atom is 0.154 e. The molecule has 0 heterocycles. The summed E-state index contributed by atoms with van der Waals surface area (Å²) in [4.78, 5) is 14.6. The number of ketones is 1. The van der Waals surface area contributed by atoms with Gasteiger partial charge in [-0.1, -0.05) is 34.1 Å². The van der Waals surface area contributed by atoms with Crippen LogP contribution in [0.2, 0.25) is 0 Å². The smallest absolute Gasteiger partial charge is 0.154 e. The number of likely N-dealkylation sites (N-methyl/N-ethyl adjacent to an activating group) is 1. The van der Waals surface area contributed by atoms with E-state index in [1.807, 2.05) is 0 Å². The molecule has 0 bridgehead atoms. The third-order valence-corrected chi connectivity index (χ3v) is 3.88. The van der Waals surface area contributed by atoms with Crippen molar-refractivity contribution in [1.82, 2.24) is 10.2 Å². The van der Waals surface area contributed by atoms with E-state index in [4.69, 9.17) is 0 Å². The zero-order valence-electron chi connectivity index (χ0n) is 13.2. The first kappa shape index (κ1) is 17.6. The van der Waals surface area contributed by atoms with E-state index in [1.54, 1.807) is 0 Å². The standard InChI is InChI=1S/C15H32N2O/c1-7-9-12-17(6)15(5,8-2)14(18)10-11-16-13(3)4/h13,16H,7-12H2,1-6H3. The first-order chi connectivity index (χ1) is 8.38. The molecule has 0 spiro atoms. The molecule has 0 aliphatic rings. The lowest BCUT2D eigenvalue weighted by Crippen LogP contribution is -2.51. The number of Topliss-reactive ketones (excluding diaryl/α,β-unsaturated/α-hetero) is 1. The molecule has 0 saturated heterocycles. The molecule has 3 heteroatoms. The highest BCUT2D eigenvalue weighted by Crippen LogP contribution is 2.21. The van der Waals surface area contributed by atoms with Gasteiger partial charge in [0.2, 0.25) is 0 Å². The highest BCUT2D eigenvalue weighted by atomic mass is 16.1. The summed E-state index contributed by atoms with van der Waals surface area (Å²) < 4.78 is 0. The van der Waals surface area contributed by atoms with Crippen molar-refractivity contribution in [3.05, 3.63) is 0 Å². The maximum absolute atomic E-state index is 12.4. The third kappa shape index (κ3) is 5.49. The number of unbranched alkanes of at least 4 members (excludes halogenated alkanes) is 1. The Hall–Kier alpha value is -0.410. The Morgan fingerprint density at radius 3 is 2.39 bits per heavy atom. The van der Waals surface area contributed by atoms with Gasteiger partial charge in [-0.25, -0.2) is 0 Å². The van der Waals surface area contributed by atoms with Crippen molar-refractivity contribution in [1.29, 1.82) is 0 Å². The average molecular weight is 256 g/mol. The van der Waals surface area contributed by atoms with E-state index in [0.29, 0.717) is 18.2 Å². The number of nitrogens with zero attached hydrogens (tertiary/aromatic N) is 1. The summed E-state index contributed by atoms with van der Waals surface area (Å²) in [6.07, 6.45) is 3.84. The van der Waals surface area contributed by atoms with Gasteiger partial charge in [-0.2, -0.15) is 0 Å². The van der Waals surface area contributed by atoms with Crippen molar-refractivity contribution in [2.45, 2.75) is 71.9 Å². The van der Waals surface area contributed by atoms with Crippen LogP contribution in [0.5, 0.6) is 0 Å². The molecule has 0 amide bonds. The van der Waals surface area contributed by atoms with Gasteiger partial charge in [-0.3, -0.25) is 9.69 Å². The van der Waals surface area contributed by atoms with Crippen molar-refractivity contribution in [2.24, 2.45) is 0 Å². The summed E-state index contributed by atoms with van der Waals surface area (Å²) in [6, 6.07) is 0.448. The summed E-state index contributed by atoms with van der Waals surface area (Å²) in [7, 11) is 2.08. The van der Waals surface area contributed by atoms with Crippen LogP contribution in [-0.2, 0) is 4.79 Å². The minimum absolute atomic E-state index is 0.298. The van der Waals surface area contributed by atoms with Crippen molar-refractivity contribution in [3.8, 4) is 0 Å². The SMILES string of the molecule is CCCCN(C)C(C)(CC)C(=O)CCNC(C)C. The predicted molar refractivity (Wildman–Crippen MR) is 79.0 cm³/mol. The first-order valence-corrected chi connectivity index (χ1v) is 7.36. The van der Waals surface area contributed by atoms with Crippen LogP contribution in [0.25, 0.3) is 0 Å². The fourth-order valence-electron chi connectivity index (χ4n) is 2.07. The highest BCUT2D eigenvalue weighted by Gasteiger charge is 2.34. The number of carbonyl (C=O) groups is 1. The van der Waals surface area contributed by atoms with E-state index in [-0.39, 0.29) is 5.54 Å². The van der Waals surface area contributed by atoms with Gasteiger partial charge < -0.3 is 5.32 Å². The van der Waals surface area contributed by atoms with E-state index in [1.165, 1.54) is 6.42 Å². The normalized spacial score (nSPS) is 15.1. The molecule has 0 aliphatic carbocycles. The Balaban J connectivity index is 4.37. The number of hydrogen-bond acceptors (Lipinski definition) is 3. The summed E-state index contributed by atoms with van der Waals surface area (Å²) in [5.74, 6) is 0.358. The summed E-state index contributed by atoms with van der Waals surface area (Å²) in [5, 5.41) is 3.32. The van der Waals surface area contributed by atoms with Crippen molar-refractivity contribution < 1.29 is 4.79 Å². The molecule has 0 rings (SSSR count). The summed E-state index contributed by atoms with van der Waals surface area (Å²) in [5.41, 5.74) is -0.298. The second-order valence-electron chi connectivity index (χ2n) is 5.68. The molecular formula is C15H32N2O. The lowest BCUT2D eigenvalue weighted by atomic mass is 9.89. The van der Waals surface area contributed by atoms with Gasteiger partial charge in [-0.15, -0.1) is 0 Å². The van der Waals surface area contributed by atoms with E-state index in [9.17, 15) is 4.79 Å². The van der Waals surface area contributed by atoms with Gasteiger partial charge in [0.05, 0.1) is 5.54 Å². The van der Waals surface area contributed by atoms with E-state index < -0.39 is 0 Å². The Bertz CT molecular complexity index is 241. The molecule has 0 aromatic rings. The number of rotatable bonds is 10.